The van der Waals surface area contributed by atoms with E-state index in [1.54, 1.807) is 0 Å². The fourth-order valence-electron chi connectivity index (χ4n) is 1.08. The number of carboxylic acids is 2. The Morgan fingerprint density at radius 2 is 1.55 bits per heavy atom. The Kier molecular flexibility index (Phi) is 7.39. The van der Waals surface area contributed by atoms with Crippen LogP contribution in [0.1, 0.15) is 0 Å². The van der Waals surface area contributed by atoms with E-state index < -0.39 is 48.9 Å². The molecule has 0 aliphatic rings. The standard InChI is InChI=1S/C10H14O10/c11-3-4(12)7(16)8(17)9(10(18)19)20-6(15)2-1-5(13)14/h1-2,4,7-9,11-12,16-17H,3H2,(H,13,14)(H,18,19)/t4-,7-,8+,9-/m1/s1. The molecule has 0 aliphatic carbocycles. The Bertz CT molecular complexity index is 389. The lowest BCUT2D eigenvalue weighted by Crippen LogP contribution is -2.50. The van der Waals surface area contributed by atoms with Crippen LogP contribution in [0.4, 0.5) is 0 Å². The lowest BCUT2D eigenvalue weighted by atomic mass is 10.0. The molecule has 0 radical (unpaired) electrons. The third kappa shape index (κ3) is 5.75. The molecule has 20 heavy (non-hydrogen) atoms. The predicted octanol–water partition coefficient (Wildman–Crippen LogP) is -3.30. The second kappa shape index (κ2) is 8.22. The summed E-state index contributed by atoms with van der Waals surface area (Å²) < 4.78 is 4.25. The molecule has 0 fully saturated rings. The Labute approximate surface area is 112 Å². The third-order valence-corrected chi connectivity index (χ3v) is 2.09. The van der Waals surface area contributed by atoms with Gasteiger partial charge in [0.15, 0.2) is 0 Å². The van der Waals surface area contributed by atoms with E-state index in [-0.39, 0.29) is 0 Å². The second-order valence-corrected chi connectivity index (χ2v) is 3.60. The highest BCUT2D eigenvalue weighted by Crippen LogP contribution is 2.09. The number of hydrogen-bond donors (Lipinski definition) is 6. The number of aliphatic carboxylic acids is 2. The number of hydrogen-bond acceptors (Lipinski definition) is 8. The van der Waals surface area contributed by atoms with Gasteiger partial charge in [-0.15, -0.1) is 0 Å². The summed E-state index contributed by atoms with van der Waals surface area (Å²) >= 11 is 0. The van der Waals surface area contributed by atoms with Crippen molar-refractivity contribution in [2.45, 2.75) is 24.4 Å². The number of aliphatic hydroxyl groups excluding tert-OH is 4. The van der Waals surface area contributed by atoms with E-state index in [9.17, 15) is 24.6 Å². The maximum Gasteiger partial charge on any atom is 0.347 e. The Hall–Kier alpha value is -2.01. The number of carbonyl (C=O) groups is 3. The monoisotopic (exact) mass is 294 g/mol. The number of esters is 1. The van der Waals surface area contributed by atoms with Crippen LogP contribution in [-0.2, 0) is 19.1 Å². The fourth-order valence-corrected chi connectivity index (χ4v) is 1.08. The number of rotatable bonds is 8. The van der Waals surface area contributed by atoms with Gasteiger partial charge in [-0.05, 0) is 0 Å². The summed E-state index contributed by atoms with van der Waals surface area (Å²) in [5, 5.41) is 53.4. The maximum absolute atomic E-state index is 11.1. The van der Waals surface area contributed by atoms with Crippen LogP contribution in [0, 0.1) is 0 Å². The van der Waals surface area contributed by atoms with Crippen molar-refractivity contribution in [1.29, 1.82) is 0 Å². The highest BCUT2D eigenvalue weighted by atomic mass is 16.6. The van der Waals surface area contributed by atoms with Crippen molar-refractivity contribution in [3.8, 4) is 0 Å². The molecule has 0 heterocycles. The predicted molar refractivity (Wildman–Crippen MR) is 59.4 cm³/mol. The first kappa shape index (κ1) is 18.0. The van der Waals surface area contributed by atoms with Crippen molar-refractivity contribution < 1.29 is 49.8 Å². The van der Waals surface area contributed by atoms with Crippen LogP contribution >= 0.6 is 0 Å². The van der Waals surface area contributed by atoms with Crippen LogP contribution in [0.3, 0.4) is 0 Å². The van der Waals surface area contributed by atoms with Crippen molar-refractivity contribution in [2.75, 3.05) is 6.61 Å². The topological polar surface area (TPSA) is 182 Å². The molecular formula is C10H14O10. The van der Waals surface area contributed by atoms with Gasteiger partial charge in [0.2, 0.25) is 6.10 Å². The second-order valence-electron chi connectivity index (χ2n) is 3.60. The minimum absolute atomic E-state index is 0.382. The average Bonchev–Trinajstić information content (AvgIpc) is 2.39. The molecule has 0 saturated carbocycles. The van der Waals surface area contributed by atoms with E-state index in [4.69, 9.17) is 20.4 Å². The van der Waals surface area contributed by atoms with Gasteiger partial charge in [-0.1, -0.05) is 0 Å². The first-order valence-corrected chi connectivity index (χ1v) is 5.20. The van der Waals surface area contributed by atoms with Crippen LogP contribution < -0.4 is 0 Å². The highest BCUT2D eigenvalue weighted by molar-refractivity contribution is 5.91. The molecule has 0 aromatic rings. The Morgan fingerprint density at radius 1 is 1.00 bits per heavy atom. The van der Waals surface area contributed by atoms with Crippen molar-refractivity contribution >= 4 is 17.9 Å². The third-order valence-electron chi connectivity index (χ3n) is 2.09. The van der Waals surface area contributed by atoms with E-state index in [2.05, 4.69) is 4.74 Å². The summed E-state index contributed by atoms with van der Waals surface area (Å²) in [6.07, 6.45) is -7.63. The normalized spacial score (nSPS) is 17.2. The molecule has 0 amide bonds. The summed E-state index contributed by atoms with van der Waals surface area (Å²) in [6.45, 7) is -0.961. The van der Waals surface area contributed by atoms with E-state index in [1.165, 1.54) is 0 Å². The zero-order valence-electron chi connectivity index (χ0n) is 9.99. The molecule has 0 aliphatic heterocycles. The van der Waals surface area contributed by atoms with Crippen LogP contribution in [0.25, 0.3) is 0 Å². The molecule has 0 aromatic heterocycles. The summed E-state index contributed by atoms with van der Waals surface area (Å²) in [6, 6.07) is 0. The zero-order valence-corrected chi connectivity index (χ0v) is 9.99. The molecule has 10 nitrogen and oxygen atoms in total. The molecule has 6 N–H and O–H groups in total. The highest BCUT2D eigenvalue weighted by Gasteiger charge is 2.38. The number of carboxylic acid groups (broad SMARTS) is 2. The van der Waals surface area contributed by atoms with Crippen molar-refractivity contribution in [3.63, 3.8) is 0 Å². The van der Waals surface area contributed by atoms with Gasteiger partial charge in [-0.25, -0.2) is 14.4 Å². The molecule has 0 saturated heterocycles. The van der Waals surface area contributed by atoms with E-state index in [1.807, 2.05) is 0 Å². The van der Waals surface area contributed by atoms with Gasteiger partial charge in [-0.2, -0.15) is 0 Å². The smallest absolute Gasteiger partial charge is 0.347 e. The molecule has 0 rings (SSSR count). The van der Waals surface area contributed by atoms with Gasteiger partial charge in [0.25, 0.3) is 0 Å². The summed E-state index contributed by atoms with van der Waals surface area (Å²) in [5.74, 6) is -4.70. The number of aliphatic hydroxyl groups is 4. The summed E-state index contributed by atoms with van der Waals surface area (Å²) in [5.41, 5.74) is 0. The van der Waals surface area contributed by atoms with Crippen molar-refractivity contribution in [1.82, 2.24) is 0 Å². The lowest BCUT2D eigenvalue weighted by Gasteiger charge is -2.25. The average molecular weight is 294 g/mol. The molecular weight excluding hydrogens is 280 g/mol. The summed E-state index contributed by atoms with van der Waals surface area (Å²) in [7, 11) is 0. The van der Waals surface area contributed by atoms with Gasteiger partial charge in [0.1, 0.15) is 18.3 Å². The summed E-state index contributed by atoms with van der Waals surface area (Å²) in [4.78, 5) is 32.0. The molecule has 0 aromatic carbocycles. The number of ether oxygens (including phenoxy) is 1. The molecule has 0 unspecified atom stereocenters. The molecule has 10 heteroatoms. The Morgan fingerprint density at radius 3 is 1.95 bits per heavy atom. The van der Waals surface area contributed by atoms with Gasteiger partial charge >= 0.3 is 17.9 Å². The quantitative estimate of drug-likeness (QED) is 0.196. The maximum atomic E-state index is 11.1. The van der Waals surface area contributed by atoms with Gasteiger partial charge in [-0.3, -0.25) is 0 Å². The van der Waals surface area contributed by atoms with E-state index >= 15 is 0 Å². The zero-order chi connectivity index (χ0) is 15.9. The first-order chi connectivity index (χ1) is 9.20. The van der Waals surface area contributed by atoms with Crippen molar-refractivity contribution in [2.24, 2.45) is 0 Å². The largest absolute Gasteiger partial charge is 0.478 e. The Balaban J connectivity index is 4.85. The van der Waals surface area contributed by atoms with Crippen LogP contribution in [0.2, 0.25) is 0 Å². The molecule has 4 atom stereocenters. The molecule has 114 valence electrons. The SMILES string of the molecule is O=C(O)C=CC(=O)O[C@@H](C(=O)O)[C@@H](O)[C@H](O)[C@H](O)CO. The van der Waals surface area contributed by atoms with Gasteiger partial charge in [0.05, 0.1) is 6.61 Å². The lowest BCUT2D eigenvalue weighted by molar-refractivity contribution is -0.179. The molecule has 0 bridgehead atoms. The van der Waals surface area contributed by atoms with Crippen LogP contribution in [0.5, 0.6) is 0 Å². The first-order valence-electron chi connectivity index (χ1n) is 5.20. The van der Waals surface area contributed by atoms with Gasteiger partial charge < -0.3 is 35.4 Å². The van der Waals surface area contributed by atoms with E-state index in [0.717, 1.165) is 0 Å². The minimum atomic E-state index is -2.25. The van der Waals surface area contributed by atoms with Crippen molar-refractivity contribution in [3.05, 3.63) is 12.2 Å². The minimum Gasteiger partial charge on any atom is -0.478 e. The van der Waals surface area contributed by atoms with Crippen LogP contribution in [0.15, 0.2) is 12.2 Å². The van der Waals surface area contributed by atoms with Gasteiger partial charge in [0, 0.05) is 12.2 Å². The van der Waals surface area contributed by atoms with E-state index in [0.29, 0.717) is 12.2 Å². The molecule has 0 spiro atoms. The number of carbonyl (C=O) groups excluding carboxylic acids is 1. The fraction of sp³-hybridized carbons (Fsp3) is 0.500. The van der Waals surface area contributed by atoms with Crippen LogP contribution in [-0.4, -0.2) is 79.6 Å².